The van der Waals surface area contributed by atoms with E-state index in [0.717, 1.165) is 18.8 Å². The highest BCUT2D eigenvalue weighted by Crippen LogP contribution is 2.18. The second-order valence-corrected chi connectivity index (χ2v) is 4.41. The summed E-state index contributed by atoms with van der Waals surface area (Å²) in [7, 11) is 0. The molecule has 0 aliphatic heterocycles. The van der Waals surface area contributed by atoms with Gasteiger partial charge in [-0.05, 0) is 43.7 Å². The van der Waals surface area contributed by atoms with Gasteiger partial charge in [0, 0.05) is 12.2 Å². The minimum absolute atomic E-state index is 0.577. The van der Waals surface area contributed by atoms with Crippen molar-refractivity contribution in [1.29, 1.82) is 0 Å². The standard InChI is InChI=1S/C15H19N3/c1-3-18(14-8-4-6-12(2)10-14)11-13-7-5-9-15(16)17-13/h4-10H,3,11H2,1-2H3,(H2,16,17). The average Bonchev–Trinajstić information content (AvgIpc) is 2.36. The van der Waals surface area contributed by atoms with Crippen LogP contribution in [-0.4, -0.2) is 11.5 Å². The van der Waals surface area contributed by atoms with Gasteiger partial charge in [0.05, 0.1) is 12.2 Å². The molecule has 18 heavy (non-hydrogen) atoms. The molecule has 0 saturated heterocycles. The highest BCUT2D eigenvalue weighted by molar-refractivity contribution is 5.48. The van der Waals surface area contributed by atoms with Crippen LogP contribution in [-0.2, 0) is 6.54 Å². The molecule has 0 atom stereocenters. The number of nitrogen functional groups attached to an aromatic ring is 1. The first-order chi connectivity index (χ1) is 8.69. The summed E-state index contributed by atoms with van der Waals surface area (Å²) in [6.45, 7) is 5.98. The Kier molecular flexibility index (Phi) is 3.82. The molecule has 0 aliphatic rings. The molecule has 0 fully saturated rings. The molecule has 1 aromatic heterocycles. The van der Waals surface area contributed by atoms with Gasteiger partial charge in [-0.25, -0.2) is 4.98 Å². The number of hydrogen-bond donors (Lipinski definition) is 1. The molecule has 0 bridgehead atoms. The first-order valence-corrected chi connectivity index (χ1v) is 6.22. The lowest BCUT2D eigenvalue weighted by Crippen LogP contribution is -2.22. The van der Waals surface area contributed by atoms with E-state index in [2.05, 4.69) is 48.0 Å². The summed E-state index contributed by atoms with van der Waals surface area (Å²) in [5.74, 6) is 0.577. The van der Waals surface area contributed by atoms with Crippen molar-refractivity contribution >= 4 is 11.5 Å². The van der Waals surface area contributed by atoms with Gasteiger partial charge in [-0.3, -0.25) is 0 Å². The zero-order chi connectivity index (χ0) is 13.0. The quantitative estimate of drug-likeness (QED) is 0.894. The number of pyridine rings is 1. The fourth-order valence-electron chi connectivity index (χ4n) is 1.99. The maximum Gasteiger partial charge on any atom is 0.123 e. The number of anilines is 2. The molecule has 0 radical (unpaired) electrons. The Hall–Kier alpha value is -2.03. The molecule has 3 nitrogen and oxygen atoms in total. The monoisotopic (exact) mass is 241 g/mol. The van der Waals surface area contributed by atoms with Crippen LogP contribution in [0.15, 0.2) is 42.5 Å². The number of aromatic nitrogens is 1. The molecule has 0 unspecified atom stereocenters. The summed E-state index contributed by atoms with van der Waals surface area (Å²) in [6.07, 6.45) is 0. The van der Waals surface area contributed by atoms with E-state index in [0.29, 0.717) is 5.82 Å². The van der Waals surface area contributed by atoms with Crippen LogP contribution >= 0.6 is 0 Å². The highest BCUT2D eigenvalue weighted by Gasteiger charge is 2.06. The van der Waals surface area contributed by atoms with E-state index in [9.17, 15) is 0 Å². The van der Waals surface area contributed by atoms with Gasteiger partial charge in [0.1, 0.15) is 5.82 Å². The molecular weight excluding hydrogens is 222 g/mol. The van der Waals surface area contributed by atoms with Gasteiger partial charge in [-0.15, -0.1) is 0 Å². The summed E-state index contributed by atoms with van der Waals surface area (Å²) in [4.78, 5) is 6.63. The van der Waals surface area contributed by atoms with Crippen LogP contribution in [0.3, 0.4) is 0 Å². The summed E-state index contributed by atoms with van der Waals surface area (Å²) in [5.41, 5.74) is 9.20. The molecule has 0 aliphatic carbocycles. The van der Waals surface area contributed by atoms with Gasteiger partial charge in [0.2, 0.25) is 0 Å². The Balaban J connectivity index is 2.19. The van der Waals surface area contributed by atoms with Crippen LogP contribution in [0.2, 0.25) is 0 Å². The van der Waals surface area contributed by atoms with Crippen molar-refractivity contribution < 1.29 is 0 Å². The maximum atomic E-state index is 5.71. The third-order valence-electron chi connectivity index (χ3n) is 2.93. The van der Waals surface area contributed by atoms with Crippen LogP contribution in [0.5, 0.6) is 0 Å². The minimum Gasteiger partial charge on any atom is -0.384 e. The number of aryl methyl sites for hydroxylation is 1. The summed E-state index contributed by atoms with van der Waals surface area (Å²) in [5, 5.41) is 0. The lowest BCUT2D eigenvalue weighted by molar-refractivity contribution is 0.810. The van der Waals surface area contributed by atoms with Gasteiger partial charge < -0.3 is 10.6 Å². The van der Waals surface area contributed by atoms with Crippen LogP contribution in [0.25, 0.3) is 0 Å². The summed E-state index contributed by atoms with van der Waals surface area (Å²) in [6, 6.07) is 14.3. The molecule has 0 spiro atoms. The van der Waals surface area contributed by atoms with Crippen molar-refractivity contribution in [3.05, 3.63) is 53.7 Å². The third kappa shape index (κ3) is 3.00. The predicted molar refractivity (Wildman–Crippen MR) is 76.6 cm³/mol. The van der Waals surface area contributed by atoms with E-state index in [1.807, 2.05) is 18.2 Å². The molecule has 2 rings (SSSR count). The lowest BCUT2D eigenvalue weighted by Gasteiger charge is -2.23. The summed E-state index contributed by atoms with van der Waals surface area (Å²) < 4.78 is 0. The van der Waals surface area contributed by atoms with Crippen molar-refractivity contribution in [2.24, 2.45) is 0 Å². The highest BCUT2D eigenvalue weighted by atomic mass is 15.1. The van der Waals surface area contributed by atoms with Crippen molar-refractivity contribution in [2.45, 2.75) is 20.4 Å². The molecule has 94 valence electrons. The normalized spacial score (nSPS) is 10.3. The Morgan fingerprint density at radius 1 is 1.17 bits per heavy atom. The average molecular weight is 241 g/mol. The largest absolute Gasteiger partial charge is 0.384 e. The lowest BCUT2D eigenvalue weighted by atomic mass is 10.2. The molecule has 3 heteroatoms. The minimum atomic E-state index is 0.577. The summed E-state index contributed by atoms with van der Waals surface area (Å²) >= 11 is 0. The Labute approximate surface area is 108 Å². The van der Waals surface area contributed by atoms with Crippen LogP contribution < -0.4 is 10.6 Å². The third-order valence-corrected chi connectivity index (χ3v) is 2.93. The zero-order valence-electron chi connectivity index (χ0n) is 10.9. The zero-order valence-corrected chi connectivity index (χ0v) is 10.9. The maximum absolute atomic E-state index is 5.71. The Morgan fingerprint density at radius 2 is 1.94 bits per heavy atom. The number of nitrogens with zero attached hydrogens (tertiary/aromatic N) is 2. The first-order valence-electron chi connectivity index (χ1n) is 6.22. The fourth-order valence-corrected chi connectivity index (χ4v) is 1.99. The van der Waals surface area contributed by atoms with E-state index in [1.54, 1.807) is 0 Å². The number of rotatable bonds is 4. The molecule has 1 aromatic carbocycles. The SMILES string of the molecule is CCN(Cc1cccc(N)n1)c1cccc(C)c1. The van der Waals surface area contributed by atoms with Gasteiger partial charge in [-0.2, -0.15) is 0 Å². The second-order valence-electron chi connectivity index (χ2n) is 4.41. The second kappa shape index (κ2) is 5.54. The molecule has 2 aromatic rings. The number of benzene rings is 1. The number of nitrogens with two attached hydrogens (primary N) is 1. The smallest absolute Gasteiger partial charge is 0.123 e. The molecular formula is C15H19N3. The molecule has 0 saturated carbocycles. The van der Waals surface area contributed by atoms with E-state index in [-0.39, 0.29) is 0 Å². The van der Waals surface area contributed by atoms with Crippen molar-refractivity contribution in [3.63, 3.8) is 0 Å². The van der Waals surface area contributed by atoms with Crippen LogP contribution in [0, 0.1) is 6.92 Å². The van der Waals surface area contributed by atoms with Gasteiger partial charge >= 0.3 is 0 Å². The van der Waals surface area contributed by atoms with E-state index < -0.39 is 0 Å². The topological polar surface area (TPSA) is 42.1 Å². The van der Waals surface area contributed by atoms with Crippen molar-refractivity contribution in [1.82, 2.24) is 4.98 Å². The van der Waals surface area contributed by atoms with Gasteiger partial charge in [-0.1, -0.05) is 18.2 Å². The first kappa shape index (κ1) is 12.4. The Morgan fingerprint density at radius 3 is 2.61 bits per heavy atom. The van der Waals surface area contributed by atoms with Gasteiger partial charge in [0.25, 0.3) is 0 Å². The van der Waals surface area contributed by atoms with Crippen LogP contribution in [0.4, 0.5) is 11.5 Å². The molecule has 2 N–H and O–H groups in total. The predicted octanol–water partition coefficient (Wildman–Crippen LogP) is 3.00. The van der Waals surface area contributed by atoms with Crippen molar-refractivity contribution in [2.75, 3.05) is 17.2 Å². The van der Waals surface area contributed by atoms with E-state index >= 15 is 0 Å². The van der Waals surface area contributed by atoms with Gasteiger partial charge in [0.15, 0.2) is 0 Å². The molecule has 1 heterocycles. The molecule has 0 amide bonds. The number of hydrogen-bond acceptors (Lipinski definition) is 3. The van der Waals surface area contributed by atoms with E-state index in [4.69, 9.17) is 5.73 Å². The van der Waals surface area contributed by atoms with E-state index in [1.165, 1.54) is 11.3 Å². The van der Waals surface area contributed by atoms with Crippen molar-refractivity contribution in [3.8, 4) is 0 Å². The fraction of sp³-hybridized carbons (Fsp3) is 0.267. The van der Waals surface area contributed by atoms with Crippen LogP contribution in [0.1, 0.15) is 18.2 Å². The Bertz CT molecular complexity index is 523.